The van der Waals surface area contributed by atoms with Crippen molar-refractivity contribution in [3.8, 4) is 5.69 Å². The first-order valence-corrected chi connectivity index (χ1v) is 14.0. The van der Waals surface area contributed by atoms with Crippen LogP contribution in [-0.4, -0.2) is 56.4 Å². The van der Waals surface area contributed by atoms with Gasteiger partial charge in [-0.15, -0.1) is 11.3 Å². The number of nitrogens with zero attached hydrogens (tertiary/aromatic N) is 4. The highest BCUT2D eigenvalue weighted by molar-refractivity contribution is 7.20. The van der Waals surface area contributed by atoms with Gasteiger partial charge in [0.1, 0.15) is 11.4 Å². The molecule has 37 heavy (non-hydrogen) atoms. The first kappa shape index (κ1) is 27.4. The number of rotatable bonds is 6. The second kappa shape index (κ2) is 11.0. The molecule has 3 heterocycles. The quantitative estimate of drug-likeness (QED) is 0.434. The molecule has 1 aliphatic rings. The van der Waals surface area contributed by atoms with E-state index in [1.807, 2.05) is 20.8 Å². The van der Waals surface area contributed by atoms with Gasteiger partial charge in [-0.3, -0.25) is 19.0 Å². The average molecular weight is 566 g/mol. The summed E-state index contributed by atoms with van der Waals surface area (Å²) in [6.45, 7) is 8.88. The highest BCUT2D eigenvalue weighted by Gasteiger charge is 2.29. The second-order valence-corrected chi connectivity index (χ2v) is 11.1. The van der Waals surface area contributed by atoms with Gasteiger partial charge in [0.25, 0.3) is 11.5 Å². The zero-order chi connectivity index (χ0) is 27.0. The van der Waals surface area contributed by atoms with E-state index in [0.29, 0.717) is 34.9 Å². The number of piperidine rings is 1. The number of amides is 2. The number of likely N-dealkylation sites (tertiary alicyclic amines) is 1. The maximum atomic E-state index is 13.8. The van der Waals surface area contributed by atoms with Crippen molar-refractivity contribution in [2.75, 3.05) is 19.6 Å². The minimum absolute atomic E-state index is 0.0679. The van der Waals surface area contributed by atoms with E-state index < -0.39 is 11.2 Å². The van der Waals surface area contributed by atoms with Crippen LogP contribution in [0.4, 0.5) is 0 Å². The molecule has 1 atom stereocenters. The van der Waals surface area contributed by atoms with Crippen molar-refractivity contribution in [1.82, 2.24) is 18.9 Å². The van der Waals surface area contributed by atoms with Gasteiger partial charge >= 0.3 is 5.69 Å². The van der Waals surface area contributed by atoms with Crippen molar-refractivity contribution in [2.24, 2.45) is 0 Å². The fraction of sp³-hybridized carbons (Fsp3) is 0.462. The summed E-state index contributed by atoms with van der Waals surface area (Å²) >= 11 is 13.4. The molecular formula is C26H30Cl2N4O4S. The molecule has 1 fully saturated rings. The van der Waals surface area contributed by atoms with Crippen molar-refractivity contribution >= 4 is 56.6 Å². The predicted molar refractivity (Wildman–Crippen MR) is 149 cm³/mol. The van der Waals surface area contributed by atoms with Gasteiger partial charge < -0.3 is 9.80 Å². The van der Waals surface area contributed by atoms with Crippen molar-refractivity contribution in [3.05, 3.63) is 59.5 Å². The van der Waals surface area contributed by atoms with Gasteiger partial charge in [-0.25, -0.2) is 9.36 Å². The molecule has 11 heteroatoms. The van der Waals surface area contributed by atoms with Gasteiger partial charge in [0.15, 0.2) is 0 Å². The number of aromatic nitrogens is 2. The molecule has 0 aliphatic carbocycles. The summed E-state index contributed by atoms with van der Waals surface area (Å²) in [7, 11) is 0. The van der Waals surface area contributed by atoms with Gasteiger partial charge in [0.2, 0.25) is 5.91 Å². The average Bonchev–Trinajstić information content (AvgIpc) is 3.22. The summed E-state index contributed by atoms with van der Waals surface area (Å²) in [5.41, 5.74) is -0.512. The summed E-state index contributed by atoms with van der Waals surface area (Å²) in [5, 5.41) is 0.716. The van der Waals surface area contributed by atoms with Crippen LogP contribution in [0.3, 0.4) is 0 Å². The van der Waals surface area contributed by atoms with E-state index >= 15 is 0 Å². The third-order valence-electron chi connectivity index (χ3n) is 7.04. The summed E-state index contributed by atoms with van der Waals surface area (Å²) in [5.74, 6) is -0.406. The molecule has 198 valence electrons. The van der Waals surface area contributed by atoms with Crippen LogP contribution < -0.4 is 11.2 Å². The maximum absolute atomic E-state index is 13.8. The monoisotopic (exact) mass is 564 g/mol. The lowest BCUT2D eigenvalue weighted by atomic mass is 10.0. The zero-order valence-corrected chi connectivity index (χ0v) is 23.7. The van der Waals surface area contributed by atoms with E-state index in [9.17, 15) is 19.2 Å². The van der Waals surface area contributed by atoms with Crippen LogP contribution in [0, 0.1) is 6.92 Å². The molecule has 2 amide bonds. The van der Waals surface area contributed by atoms with Gasteiger partial charge in [0.05, 0.1) is 26.0 Å². The van der Waals surface area contributed by atoms with Crippen molar-refractivity contribution in [1.29, 1.82) is 0 Å². The summed E-state index contributed by atoms with van der Waals surface area (Å²) in [4.78, 5) is 58.4. The molecule has 1 saturated heterocycles. The minimum atomic E-state index is -0.669. The molecule has 1 aromatic carbocycles. The molecule has 2 aromatic heterocycles. The van der Waals surface area contributed by atoms with Crippen LogP contribution in [0.5, 0.6) is 0 Å². The Bertz CT molecular complexity index is 1490. The Morgan fingerprint density at radius 1 is 1.11 bits per heavy atom. The molecule has 0 radical (unpaired) electrons. The molecule has 0 N–H and O–H groups in total. The molecule has 0 saturated carbocycles. The molecule has 0 unspecified atom stereocenters. The first-order chi connectivity index (χ1) is 17.6. The molecular weight excluding hydrogens is 535 g/mol. The third-order valence-corrected chi connectivity index (χ3v) is 9.08. The standard InChI is InChI=1S/C26H30Cl2N4O4S/c1-5-29(6-2)24(35)22-16(4)21-23(34)32(17-10-11-18(27)19(28)13-17)26(36)31(25(21)37-22)14-20(33)30-12-8-7-9-15(30)3/h10-11,13,15H,5-9,12,14H2,1-4H3/t15-/m1/s1. The smallest absolute Gasteiger partial charge is 0.337 e. The van der Waals surface area contributed by atoms with Gasteiger partial charge in [-0.2, -0.15) is 0 Å². The first-order valence-electron chi connectivity index (χ1n) is 12.4. The Labute approximate surface area is 229 Å². The van der Waals surface area contributed by atoms with Gasteiger partial charge in [-0.1, -0.05) is 23.2 Å². The number of fused-ring (bicyclic) bond motifs is 1. The van der Waals surface area contributed by atoms with Crippen LogP contribution in [0.2, 0.25) is 10.0 Å². The molecule has 4 rings (SSSR count). The Balaban J connectivity index is 1.98. The second-order valence-electron chi connectivity index (χ2n) is 9.25. The largest absolute Gasteiger partial charge is 0.338 e. The predicted octanol–water partition coefficient (Wildman–Crippen LogP) is 4.71. The number of thiophene rings is 1. The summed E-state index contributed by atoms with van der Waals surface area (Å²) < 4.78 is 2.32. The van der Waals surface area contributed by atoms with E-state index in [1.165, 1.54) is 22.8 Å². The van der Waals surface area contributed by atoms with E-state index in [2.05, 4.69) is 0 Å². The molecule has 0 bridgehead atoms. The highest BCUT2D eigenvalue weighted by atomic mass is 35.5. The minimum Gasteiger partial charge on any atom is -0.338 e. The summed E-state index contributed by atoms with van der Waals surface area (Å²) in [6, 6.07) is 4.56. The van der Waals surface area contributed by atoms with E-state index in [0.717, 1.165) is 35.2 Å². The number of hydrogen-bond acceptors (Lipinski definition) is 5. The molecule has 1 aliphatic heterocycles. The number of carbonyl (C=O) groups is 2. The summed E-state index contributed by atoms with van der Waals surface area (Å²) in [6.07, 6.45) is 2.86. The fourth-order valence-corrected chi connectivity index (χ4v) is 6.44. The SMILES string of the molecule is CCN(CC)C(=O)c1sc2c(c1C)c(=O)n(-c1ccc(Cl)c(Cl)c1)c(=O)n2CC(=O)N1CCCC[C@H]1C. The number of hydrogen-bond donors (Lipinski definition) is 0. The van der Waals surface area contributed by atoms with Crippen LogP contribution in [0.1, 0.15) is 55.3 Å². The Kier molecular flexibility index (Phi) is 8.16. The topological polar surface area (TPSA) is 84.6 Å². The van der Waals surface area contributed by atoms with Crippen LogP contribution in [-0.2, 0) is 11.3 Å². The Morgan fingerprint density at radius 3 is 2.43 bits per heavy atom. The Morgan fingerprint density at radius 2 is 1.81 bits per heavy atom. The Hall–Kier alpha value is -2.62. The highest BCUT2D eigenvalue weighted by Crippen LogP contribution is 2.30. The van der Waals surface area contributed by atoms with Crippen molar-refractivity contribution in [3.63, 3.8) is 0 Å². The number of halogens is 2. The van der Waals surface area contributed by atoms with E-state index in [1.54, 1.807) is 16.7 Å². The van der Waals surface area contributed by atoms with Crippen molar-refractivity contribution < 1.29 is 9.59 Å². The number of benzene rings is 1. The zero-order valence-electron chi connectivity index (χ0n) is 21.3. The van der Waals surface area contributed by atoms with Crippen molar-refractivity contribution in [2.45, 2.75) is 59.5 Å². The maximum Gasteiger partial charge on any atom is 0.337 e. The number of carbonyl (C=O) groups excluding carboxylic acids is 2. The van der Waals surface area contributed by atoms with Gasteiger partial charge in [0, 0.05) is 25.7 Å². The lowest BCUT2D eigenvalue weighted by molar-refractivity contribution is -0.135. The lowest BCUT2D eigenvalue weighted by Gasteiger charge is -2.33. The lowest BCUT2D eigenvalue weighted by Crippen LogP contribution is -2.46. The molecule has 0 spiro atoms. The van der Waals surface area contributed by atoms with Crippen LogP contribution in [0.25, 0.3) is 15.9 Å². The normalized spacial score (nSPS) is 15.8. The molecule has 8 nitrogen and oxygen atoms in total. The van der Waals surface area contributed by atoms with E-state index in [4.69, 9.17) is 23.2 Å². The molecule has 3 aromatic rings. The van der Waals surface area contributed by atoms with Crippen LogP contribution >= 0.6 is 34.5 Å². The van der Waals surface area contributed by atoms with Gasteiger partial charge in [-0.05, 0) is 70.7 Å². The van der Waals surface area contributed by atoms with E-state index in [-0.39, 0.29) is 45.5 Å². The third kappa shape index (κ3) is 4.96. The number of aryl methyl sites for hydroxylation is 1. The van der Waals surface area contributed by atoms with Crippen LogP contribution in [0.15, 0.2) is 27.8 Å². The fourth-order valence-electron chi connectivity index (χ4n) is 4.89.